The van der Waals surface area contributed by atoms with E-state index < -0.39 is 30.2 Å². The SMILES string of the molecule is CCCCOC[C@@H](OCCCC)C1C(OCCCC)C(C(=O)O)C(OCCCC)[C@@H]1OCCCC. The Morgan fingerprint density at radius 1 is 0.657 bits per heavy atom. The van der Waals surface area contributed by atoms with E-state index in [-0.39, 0.29) is 12.0 Å². The highest BCUT2D eigenvalue weighted by molar-refractivity contribution is 5.72. The monoisotopic (exact) mass is 502 g/mol. The molecule has 6 atom stereocenters. The van der Waals surface area contributed by atoms with Gasteiger partial charge in [-0.3, -0.25) is 4.79 Å². The van der Waals surface area contributed by atoms with Gasteiger partial charge < -0.3 is 28.8 Å². The molecular formula is C28H54O7. The fraction of sp³-hybridized carbons (Fsp3) is 0.964. The van der Waals surface area contributed by atoms with Crippen LogP contribution in [0.4, 0.5) is 0 Å². The summed E-state index contributed by atoms with van der Waals surface area (Å²) in [5.41, 5.74) is 0. The van der Waals surface area contributed by atoms with Gasteiger partial charge in [-0.1, -0.05) is 66.7 Å². The van der Waals surface area contributed by atoms with Gasteiger partial charge in [-0.15, -0.1) is 0 Å². The predicted molar refractivity (Wildman–Crippen MR) is 139 cm³/mol. The lowest BCUT2D eigenvalue weighted by atomic mass is 9.94. The summed E-state index contributed by atoms with van der Waals surface area (Å²) in [6, 6.07) is 0. The van der Waals surface area contributed by atoms with Gasteiger partial charge in [0.1, 0.15) is 5.92 Å². The van der Waals surface area contributed by atoms with E-state index in [1.165, 1.54) is 0 Å². The van der Waals surface area contributed by atoms with Gasteiger partial charge in [-0.25, -0.2) is 0 Å². The highest BCUT2D eigenvalue weighted by Gasteiger charge is 2.58. The van der Waals surface area contributed by atoms with Crippen molar-refractivity contribution in [2.24, 2.45) is 11.8 Å². The highest BCUT2D eigenvalue weighted by atomic mass is 16.6. The average Bonchev–Trinajstić information content (AvgIpc) is 3.14. The first-order valence-corrected chi connectivity index (χ1v) is 14.3. The Morgan fingerprint density at radius 2 is 1.11 bits per heavy atom. The summed E-state index contributed by atoms with van der Waals surface area (Å²) in [5.74, 6) is -1.96. The Balaban J connectivity index is 3.31. The molecule has 1 aliphatic rings. The summed E-state index contributed by atoms with van der Waals surface area (Å²) >= 11 is 0. The smallest absolute Gasteiger partial charge is 0.311 e. The molecule has 0 aromatic rings. The summed E-state index contributed by atoms with van der Waals surface area (Å²) < 4.78 is 31.5. The zero-order valence-corrected chi connectivity index (χ0v) is 23.2. The van der Waals surface area contributed by atoms with Gasteiger partial charge in [0.25, 0.3) is 0 Å². The van der Waals surface area contributed by atoms with E-state index in [2.05, 4.69) is 34.6 Å². The Morgan fingerprint density at radius 3 is 1.63 bits per heavy atom. The molecule has 0 spiro atoms. The molecule has 0 saturated heterocycles. The molecule has 0 aliphatic heterocycles. The largest absolute Gasteiger partial charge is 0.481 e. The minimum atomic E-state index is -0.890. The second kappa shape index (κ2) is 20.3. The van der Waals surface area contributed by atoms with Crippen molar-refractivity contribution in [2.75, 3.05) is 39.6 Å². The van der Waals surface area contributed by atoms with Crippen LogP contribution in [0.1, 0.15) is 98.8 Å². The number of aliphatic carboxylic acids is 1. The number of hydrogen-bond donors (Lipinski definition) is 1. The van der Waals surface area contributed by atoms with E-state index in [1.54, 1.807) is 0 Å². The minimum Gasteiger partial charge on any atom is -0.481 e. The van der Waals surface area contributed by atoms with Gasteiger partial charge in [0.05, 0.1) is 31.0 Å². The van der Waals surface area contributed by atoms with Crippen molar-refractivity contribution in [3.8, 4) is 0 Å². The van der Waals surface area contributed by atoms with Crippen LogP contribution < -0.4 is 0 Å². The fourth-order valence-electron chi connectivity index (χ4n) is 4.55. The number of unbranched alkanes of at least 4 members (excludes halogenated alkanes) is 5. The molecule has 7 heteroatoms. The zero-order valence-electron chi connectivity index (χ0n) is 23.2. The van der Waals surface area contributed by atoms with Crippen molar-refractivity contribution in [1.82, 2.24) is 0 Å². The van der Waals surface area contributed by atoms with Gasteiger partial charge in [0.15, 0.2) is 0 Å². The van der Waals surface area contributed by atoms with Crippen LogP contribution in [0.2, 0.25) is 0 Å². The Hall–Kier alpha value is -0.730. The van der Waals surface area contributed by atoms with Gasteiger partial charge >= 0.3 is 5.97 Å². The van der Waals surface area contributed by atoms with Gasteiger partial charge in [-0.2, -0.15) is 0 Å². The third kappa shape index (κ3) is 11.5. The van der Waals surface area contributed by atoms with Crippen molar-refractivity contribution in [2.45, 2.75) is 123 Å². The number of hydrogen-bond acceptors (Lipinski definition) is 6. The minimum absolute atomic E-state index is 0.269. The molecule has 0 aromatic carbocycles. The average molecular weight is 503 g/mol. The van der Waals surface area contributed by atoms with Gasteiger partial charge in [-0.05, 0) is 32.1 Å². The number of rotatable bonds is 23. The van der Waals surface area contributed by atoms with Crippen LogP contribution in [0.15, 0.2) is 0 Å². The molecule has 0 aromatic heterocycles. The molecule has 1 N–H and O–H groups in total. The van der Waals surface area contributed by atoms with Crippen molar-refractivity contribution in [1.29, 1.82) is 0 Å². The summed E-state index contributed by atoms with van der Waals surface area (Å²) in [7, 11) is 0. The quantitative estimate of drug-likeness (QED) is 0.175. The number of ether oxygens (including phenoxy) is 5. The normalized spacial score (nSPS) is 25.2. The van der Waals surface area contributed by atoms with Crippen LogP contribution in [-0.4, -0.2) is 75.1 Å². The second-order valence-electron chi connectivity index (χ2n) is 9.70. The lowest BCUT2D eigenvalue weighted by Gasteiger charge is -2.33. The Kier molecular flexibility index (Phi) is 18.8. The molecule has 0 amide bonds. The van der Waals surface area contributed by atoms with E-state index in [0.717, 1.165) is 64.2 Å². The Bertz CT molecular complexity index is 516. The first-order chi connectivity index (χ1) is 17.1. The highest BCUT2D eigenvalue weighted by Crippen LogP contribution is 2.42. The molecule has 1 fully saturated rings. The molecule has 7 nitrogen and oxygen atoms in total. The van der Waals surface area contributed by atoms with Gasteiger partial charge in [0.2, 0.25) is 0 Å². The van der Waals surface area contributed by atoms with E-state index in [4.69, 9.17) is 23.7 Å². The van der Waals surface area contributed by atoms with Crippen molar-refractivity contribution in [3.05, 3.63) is 0 Å². The van der Waals surface area contributed by atoms with E-state index >= 15 is 0 Å². The third-order valence-electron chi connectivity index (χ3n) is 6.68. The summed E-state index contributed by atoms with van der Waals surface area (Å²) in [4.78, 5) is 12.6. The molecule has 0 heterocycles. The van der Waals surface area contributed by atoms with Crippen molar-refractivity contribution in [3.63, 3.8) is 0 Å². The molecule has 1 saturated carbocycles. The fourth-order valence-corrected chi connectivity index (χ4v) is 4.55. The van der Waals surface area contributed by atoms with Crippen LogP contribution in [-0.2, 0) is 28.5 Å². The molecular weight excluding hydrogens is 448 g/mol. The molecule has 208 valence electrons. The molecule has 4 unspecified atom stereocenters. The first-order valence-electron chi connectivity index (χ1n) is 14.3. The van der Waals surface area contributed by atoms with Crippen LogP contribution in [0.5, 0.6) is 0 Å². The van der Waals surface area contributed by atoms with Crippen LogP contribution in [0.25, 0.3) is 0 Å². The maximum atomic E-state index is 12.6. The molecule has 1 aliphatic carbocycles. The van der Waals surface area contributed by atoms with Crippen LogP contribution >= 0.6 is 0 Å². The van der Waals surface area contributed by atoms with Crippen LogP contribution in [0.3, 0.4) is 0 Å². The maximum Gasteiger partial charge on any atom is 0.311 e. The standard InChI is InChI=1S/C28H54O7/c1-6-11-16-31-21-22(32-17-12-7-2)23-25(33-18-13-8-3)24(28(29)30)27(35-20-15-10-5)26(23)34-19-14-9-4/h22-27H,6-21H2,1-5H3,(H,29,30)/t22-,23?,24?,25?,26-,27?/m1/s1. The lowest BCUT2D eigenvalue weighted by Crippen LogP contribution is -2.44. The maximum absolute atomic E-state index is 12.6. The molecule has 35 heavy (non-hydrogen) atoms. The Labute approximate surface area is 214 Å². The summed E-state index contributed by atoms with van der Waals surface area (Å²) in [6.45, 7) is 13.9. The molecule has 0 bridgehead atoms. The number of carboxylic acids is 1. The third-order valence-corrected chi connectivity index (χ3v) is 6.68. The van der Waals surface area contributed by atoms with Gasteiger partial charge in [0, 0.05) is 39.0 Å². The molecule has 1 rings (SSSR count). The number of carboxylic acid groups (broad SMARTS) is 1. The lowest BCUT2D eigenvalue weighted by molar-refractivity contribution is -0.155. The zero-order chi connectivity index (χ0) is 25.9. The summed E-state index contributed by atoms with van der Waals surface area (Å²) in [6.07, 6.45) is 7.85. The second-order valence-corrected chi connectivity index (χ2v) is 9.70. The van der Waals surface area contributed by atoms with Crippen molar-refractivity contribution >= 4 is 5.97 Å². The van der Waals surface area contributed by atoms with Crippen LogP contribution in [0, 0.1) is 11.8 Å². The topological polar surface area (TPSA) is 83.5 Å². The van der Waals surface area contributed by atoms with E-state index in [1.807, 2.05) is 0 Å². The molecule has 0 radical (unpaired) electrons. The van der Waals surface area contributed by atoms with E-state index in [0.29, 0.717) is 39.6 Å². The van der Waals surface area contributed by atoms with E-state index in [9.17, 15) is 9.90 Å². The van der Waals surface area contributed by atoms with Crippen molar-refractivity contribution < 1.29 is 33.6 Å². The number of carbonyl (C=O) groups is 1. The summed E-state index contributed by atoms with van der Waals surface area (Å²) in [5, 5.41) is 10.3. The predicted octanol–water partition coefficient (Wildman–Crippen LogP) is 5.87. The first kappa shape index (κ1) is 32.3.